The van der Waals surface area contributed by atoms with Crippen molar-refractivity contribution < 1.29 is 24.2 Å². The molecule has 2 amide bonds. The van der Waals surface area contributed by atoms with E-state index in [-0.39, 0.29) is 12.5 Å². The van der Waals surface area contributed by atoms with Crippen LogP contribution in [0.25, 0.3) is 0 Å². The quantitative estimate of drug-likeness (QED) is 0.719. The first-order valence-corrected chi connectivity index (χ1v) is 7.34. The normalized spacial score (nSPS) is 16.9. The topological polar surface area (TPSA) is 95.9 Å². The van der Waals surface area contributed by atoms with Gasteiger partial charge in [-0.25, -0.2) is 9.59 Å². The lowest BCUT2D eigenvalue weighted by molar-refractivity contribution is -0.141. The maximum Gasteiger partial charge on any atom is 0.326 e. The molecule has 1 rings (SSSR count). The van der Waals surface area contributed by atoms with Gasteiger partial charge in [0.2, 0.25) is 0 Å². The van der Waals surface area contributed by atoms with Crippen molar-refractivity contribution in [1.29, 1.82) is 0 Å². The molecule has 1 saturated carbocycles. The van der Waals surface area contributed by atoms with E-state index in [4.69, 9.17) is 0 Å². The van der Waals surface area contributed by atoms with Gasteiger partial charge in [0.05, 0.1) is 7.11 Å². The number of carbonyl (C=O) groups is 3. The Hall–Kier alpha value is -1.79. The van der Waals surface area contributed by atoms with E-state index < -0.39 is 24.0 Å². The van der Waals surface area contributed by atoms with Crippen molar-refractivity contribution in [3.8, 4) is 0 Å². The Bertz CT molecular complexity index is 380. The van der Waals surface area contributed by atoms with Crippen molar-refractivity contribution in [2.75, 3.05) is 20.2 Å². The average Bonchev–Trinajstić information content (AvgIpc) is 2.50. The van der Waals surface area contributed by atoms with Crippen molar-refractivity contribution in [2.24, 2.45) is 5.92 Å². The number of likely N-dealkylation sites (N-methyl/N-ethyl adjacent to an activating group) is 1. The van der Waals surface area contributed by atoms with Gasteiger partial charge in [0.1, 0.15) is 12.6 Å². The fourth-order valence-corrected chi connectivity index (χ4v) is 2.62. The number of urea groups is 1. The lowest BCUT2D eigenvalue weighted by Gasteiger charge is -2.30. The van der Waals surface area contributed by atoms with Crippen LogP contribution in [0.15, 0.2) is 0 Å². The number of nitrogens with one attached hydrogen (secondary N) is 1. The van der Waals surface area contributed by atoms with Crippen LogP contribution in [0.4, 0.5) is 4.79 Å². The molecule has 0 spiro atoms. The summed E-state index contributed by atoms with van der Waals surface area (Å²) in [5, 5.41) is 11.9. The molecule has 1 atom stereocenters. The highest BCUT2D eigenvalue weighted by molar-refractivity contribution is 5.85. The summed E-state index contributed by atoms with van der Waals surface area (Å²) >= 11 is 0. The summed E-state index contributed by atoms with van der Waals surface area (Å²) < 4.78 is 4.52. The van der Waals surface area contributed by atoms with Crippen LogP contribution in [0.1, 0.15) is 39.0 Å². The highest BCUT2D eigenvalue weighted by Gasteiger charge is 2.32. The van der Waals surface area contributed by atoms with Crippen molar-refractivity contribution in [1.82, 2.24) is 10.2 Å². The first-order chi connectivity index (χ1) is 9.99. The SMILES string of the molecule is CCN(CC(=O)OC)C(=O)NC(C(=O)O)C1CCCCC1. The summed E-state index contributed by atoms with van der Waals surface area (Å²) in [6, 6.07) is -1.44. The van der Waals surface area contributed by atoms with E-state index in [9.17, 15) is 19.5 Å². The molecule has 0 saturated heterocycles. The second-order valence-corrected chi connectivity index (χ2v) is 5.25. The molecule has 0 bridgehead atoms. The number of carboxylic acid groups (broad SMARTS) is 1. The highest BCUT2D eigenvalue weighted by Crippen LogP contribution is 2.26. The Morgan fingerprint density at radius 3 is 2.38 bits per heavy atom. The second-order valence-electron chi connectivity index (χ2n) is 5.25. The van der Waals surface area contributed by atoms with E-state index >= 15 is 0 Å². The van der Waals surface area contributed by atoms with E-state index in [0.29, 0.717) is 6.54 Å². The van der Waals surface area contributed by atoms with Crippen LogP contribution < -0.4 is 5.32 Å². The molecule has 0 radical (unpaired) electrons. The average molecular weight is 300 g/mol. The molecule has 1 unspecified atom stereocenters. The fraction of sp³-hybridized carbons (Fsp3) is 0.786. The highest BCUT2D eigenvalue weighted by atomic mass is 16.5. The van der Waals surface area contributed by atoms with Gasteiger partial charge in [0.25, 0.3) is 0 Å². The number of aliphatic carboxylic acids is 1. The Labute approximate surface area is 124 Å². The molecular formula is C14H24N2O5. The number of hydrogen-bond donors (Lipinski definition) is 2. The van der Waals surface area contributed by atoms with Gasteiger partial charge in [-0.3, -0.25) is 4.79 Å². The van der Waals surface area contributed by atoms with Gasteiger partial charge in [0, 0.05) is 6.54 Å². The molecule has 0 aromatic heterocycles. The third-order valence-electron chi connectivity index (χ3n) is 3.88. The largest absolute Gasteiger partial charge is 0.480 e. The van der Waals surface area contributed by atoms with Crippen molar-refractivity contribution in [3.63, 3.8) is 0 Å². The molecule has 0 aromatic rings. The maximum absolute atomic E-state index is 12.1. The predicted octanol–water partition coefficient (Wildman–Crippen LogP) is 1.22. The number of hydrogen-bond acceptors (Lipinski definition) is 4. The summed E-state index contributed by atoms with van der Waals surface area (Å²) in [6.45, 7) is 1.84. The lowest BCUT2D eigenvalue weighted by Crippen LogP contribution is -2.52. The van der Waals surface area contributed by atoms with Crippen molar-refractivity contribution >= 4 is 18.0 Å². The summed E-state index contributed by atoms with van der Waals surface area (Å²) in [4.78, 5) is 36.0. The summed E-state index contributed by atoms with van der Waals surface area (Å²) in [5.74, 6) is -1.60. The zero-order valence-corrected chi connectivity index (χ0v) is 12.6. The third-order valence-corrected chi connectivity index (χ3v) is 3.88. The number of carbonyl (C=O) groups excluding carboxylic acids is 2. The molecule has 1 aliphatic rings. The number of rotatable bonds is 6. The van der Waals surface area contributed by atoms with Crippen LogP contribution in [0.5, 0.6) is 0 Å². The number of nitrogens with zero attached hydrogens (tertiary/aromatic N) is 1. The standard InChI is InChI=1S/C14H24N2O5/c1-3-16(9-11(17)21-2)14(20)15-12(13(18)19)10-7-5-4-6-8-10/h10,12H,3-9H2,1-2H3,(H,15,20)(H,18,19). The van der Waals surface area contributed by atoms with Gasteiger partial charge in [-0.1, -0.05) is 19.3 Å². The van der Waals surface area contributed by atoms with E-state index in [2.05, 4.69) is 10.1 Å². The zero-order chi connectivity index (χ0) is 15.8. The number of amides is 2. The maximum atomic E-state index is 12.1. The second kappa shape index (κ2) is 8.49. The van der Waals surface area contributed by atoms with Gasteiger partial charge < -0.3 is 20.1 Å². The van der Waals surface area contributed by atoms with Gasteiger partial charge in [-0.05, 0) is 25.7 Å². The number of carboxylic acids is 1. The van der Waals surface area contributed by atoms with E-state index in [1.807, 2.05) is 0 Å². The summed E-state index contributed by atoms with van der Waals surface area (Å²) in [7, 11) is 1.25. The molecular weight excluding hydrogens is 276 g/mol. The van der Waals surface area contributed by atoms with E-state index in [1.54, 1.807) is 6.92 Å². The molecule has 1 fully saturated rings. The third kappa shape index (κ3) is 5.24. The minimum Gasteiger partial charge on any atom is -0.480 e. The summed E-state index contributed by atoms with van der Waals surface area (Å²) in [6.07, 6.45) is 4.70. The van der Waals surface area contributed by atoms with Gasteiger partial charge in [0.15, 0.2) is 0 Å². The van der Waals surface area contributed by atoms with Gasteiger partial charge in [-0.2, -0.15) is 0 Å². The van der Waals surface area contributed by atoms with Crippen LogP contribution >= 0.6 is 0 Å². The van der Waals surface area contributed by atoms with Crippen molar-refractivity contribution in [2.45, 2.75) is 45.1 Å². The molecule has 0 aromatic carbocycles. The van der Waals surface area contributed by atoms with Crippen LogP contribution in [0.2, 0.25) is 0 Å². The predicted molar refractivity (Wildman–Crippen MR) is 75.8 cm³/mol. The molecule has 1 aliphatic carbocycles. The van der Waals surface area contributed by atoms with Crippen LogP contribution in [-0.2, 0) is 14.3 Å². The first kappa shape index (κ1) is 17.3. The molecule has 2 N–H and O–H groups in total. The van der Waals surface area contributed by atoms with Crippen LogP contribution in [0.3, 0.4) is 0 Å². The molecule has 7 nitrogen and oxygen atoms in total. The Morgan fingerprint density at radius 1 is 1.29 bits per heavy atom. The Morgan fingerprint density at radius 2 is 1.90 bits per heavy atom. The molecule has 0 aliphatic heterocycles. The molecule has 0 heterocycles. The van der Waals surface area contributed by atoms with E-state index in [1.165, 1.54) is 12.0 Å². The Balaban J connectivity index is 2.65. The fourth-order valence-electron chi connectivity index (χ4n) is 2.62. The lowest BCUT2D eigenvalue weighted by atomic mass is 9.84. The minimum atomic E-state index is -1.02. The smallest absolute Gasteiger partial charge is 0.326 e. The van der Waals surface area contributed by atoms with Gasteiger partial charge >= 0.3 is 18.0 Å². The zero-order valence-electron chi connectivity index (χ0n) is 12.6. The molecule has 21 heavy (non-hydrogen) atoms. The molecule has 7 heteroatoms. The first-order valence-electron chi connectivity index (χ1n) is 7.34. The van der Waals surface area contributed by atoms with E-state index in [0.717, 1.165) is 32.1 Å². The Kier molecular flexibility index (Phi) is 6.98. The number of esters is 1. The van der Waals surface area contributed by atoms with Crippen molar-refractivity contribution in [3.05, 3.63) is 0 Å². The number of ether oxygens (including phenoxy) is 1. The molecule has 120 valence electrons. The minimum absolute atomic E-state index is 0.0444. The van der Waals surface area contributed by atoms with Crippen LogP contribution in [-0.4, -0.2) is 54.2 Å². The monoisotopic (exact) mass is 300 g/mol. The number of methoxy groups -OCH3 is 1. The summed E-state index contributed by atoms with van der Waals surface area (Å²) in [5.41, 5.74) is 0. The van der Waals surface area contributed by atoms with Crippen LogP contribution in [0, 0.1) is 5.92 Å². The van der Waals surface area contributed by atoms with Gasteiger partial charge in [-0.15, -0.1) is 0 Å².